The van der Waals surface area contributed by atoms with Crippen LogP contribution in [-0.4, -0.2) is 53.5 Å². The van der Waals surface area contributed by atoms with E-state index in [-0.39, 0.29) is 12.0 Å². The van der Waals surface area contributed by atoms with E-state index in [0.29, 0.717) is 38.1 Å². The van der Waals surface area contributed by atoms with Gasteiger partial charge in [-0.05, 0) is 31.9 Å². The summed E-state index contributed by atoms with van der Waals surface area (Å²) in [4.78, 5) is 20.1. The maximum atomic E-state index is 12.8. The fourth-order valence-corrected chi connectivity index (χ4v) is 3.09. The van der Waals surface area contributed by atoms with Crippen molar-refractivity contribution in [2.24, 2.45) is 5.16 Å². The van der Waals surface area contributed by atoms with Gasteiger partial charge in [-0.1, -0.05) is 17.3 Å². The Balaban J connectivity index is 1.73. The summed E-state index contributed by atoms with van der Waals surface area (Å²) >= 11 is 0. The molecule has 1 amide bonds. The summed E-state index contributed by atoms with van der Waals surface area (Å²) in [7, 11) is 1.61. The Morgan fingerprint density at radius 1 is 1.39 bits per heavy atom. The highest BCUT2D eigenvalue weighted by Gasteiger charge is 2.45. The molecule has 3 rings (SSSR count). The van der Waals surface area contributed by atoms with Crippen LogP contribution in [0.3, 0.4) is 0 Å². The van der Waals surface area contributed by atoms with E-state index in [2.05, 4.69) is 5.16 Å². The van der Waals surface area contributed by atoms with Gasteiger partial charge >= 0.3 is 0 Å². The number of ether oxygens (including phenoxy) is 1. The largest absolute Gasteiger partial charge is 0.496 e. The van der Waals surface area contributed by atoms with Gasteiger partial charge in [0.15, 0.2) is 0 Å². The average molecular weight is 318 g/mol. The SMILES string of the molecule is COc1ccccc1C1=NOC(C)(C(=O)N2CCC(O)CC2)C1. The smallest absolute Gasteiger partial charge is 0.269 e. The van der Waals surface area contributed by atoms with Crippen molar-refractivity contribution in [1.29, 1.82) is 0 Å². The summed E-state index contributed by atoms with van der Waals surface area (Å²) in [5.41, 5.74) is 0.578. The lowest BCUT2D eigenvalue weighted by atomic mass is 9.93. The number of amides is 1. The monoisotopic (exact) mass is 318 g/mol. The Morgan fingerprint density at radius 2 is 2.09 bits per heavy atom. The lowest BCUT2D eigenvalue weighted by Crippen LogP contribution is -2.50. The van der Waals surface area contributed by atoms with Crippen molar-refractivity contribution in [3.8, 4) is 5.75 Å². The second kappa shape index (κ2) is 6.20. The van der Waals surface area contributed by atoms with Crippen molar-refractivity contribution in [2.75, 3.05) is 20.2 Å². The average Bonchev–Trinajstić information content (AvgIpc) is 2.98. The van der Waals surface area contributed by atoms with Gasteiger partial charge in [-0.25, -0.2) is 0 Å². The van der Waals surface area contributed by atoms with Crippen LogP contribution < -0.4 is 4.74 Å². The first-order valence-electron chi connectivity index (χ1n) is 7.89. The fraction of sp³-hybridized carbons (Fsp3) is 0.529. The summed E-state index contributed by atoms with van der Waals surface area (Å²) in [6.07, 6.45) is 1.33. The third kappa shape index (κ3) is 3.03. The molecule has 1 atom stereocenters. The summed E-state index contributed by atoms with van der Waals surface area (Å²) in [5.74, 6) is 0.644. The highest BCUT2D eigenvalue weighted by atomic mass is 16.7. The van der Waals surface area contributed by atoms with Gasteiger partial charge in [-0.15, -0.1) is 0 Å². The van der Waals surface area contributed by atoms with Crippen LogP contribution in [0.1, 0.15) is 31.7 Å². The first kappa shape index (κ1) is 15.8. The number of aliphatic hydroxyl groups is 1. The Labute approximate surface area is 135 Å². The van der Waals surface area contributed by atoms with Crippen LogP contribution in [-0.2, 0) is 9.63 Å². The van der Waals surface area contributed by atoms with E-state index < -0.39 is 5.60 Å². The number of likely N-dealkylation sites (tertiary alicyclic amines) is 1. The van der Waals surface area contributed by atoms with E-state index in [1.165, 1.54) is 0 Å². The number of piperidine rings is 1. The molecule has 2 aliphatic heterocycles. The summed E-state index contributed by atoms with van der Waals surface area (Å²) < 4.78 is 5.35. The highest BCUT2D eigenvalue weighted by molar-refractivity contribution is 6.07. The molecule has 1 aromatic carbocycles. The number of hydrogen-bond acceptors (Lipinski definition) is 5. The van der Waals surface area contributed by atoms with Gasteiger partial charge in [0.1, 0.15) is 5.75 Å². The van der Waals surface area contributed by atoms with Crippen molar-refractivity contribution in [1.82, 2.24) is 4.90 Å². The number of carbonyl (C=O) groups excluding carboxylic acids is 1. The van der Waals surface area contributed by atoms with Crippen molar-refractivity contribution in [3.05, 3.63) is 29.8 Å². The van der Waals surface area contributed by atoms with Crippen LogP contribution in [0.5, 0.6) is 5.75 Å². The number of benzene rings is 1. The van der Waals surface area contributed by atoms with Gasteiger partial charge < -0.3 is 19.6 Å². The maximum absolute atomic E-state index is 12.8. The number of para-hydroxylation sites is 1. The molecule has 0 spiro atoms. The van der Waals surface area contributed by atoms with Crippen LogP contribution in [0.25, 0.3) is 0 Å². The number of oxime groups is 1. The molecule has 1 saturated heterocycles. The van der Waals surface area contributed by atoms with Gasteiger partial charge in [-0.2, -0.15) is 0 Å². The minimum absolute atomic E-state index is 0.0713. The van der Waals surface area contributed by atoms with Gasteiger partial charge in [-0.3, -0.25) is 4.79 Å². The number of carbonyl (C=O) groups is 1. The molecule has 2 heterocycles. The van der Waals surface area contributed by atoms with E-state index in [1.54, 1.807) is 18.9 Å². The molecule has 1 aromatic rings. The molecule has 0 radical (unpaired) electrons. The van der Waals surface area contributed by atoms with Crippen LogP contribution in [0.4, 0.5) is 0 Å². The highest BCUT2D eigenvalue weighted by Crippen LogP contribution is 2.32. The Bertz CT molecular complexity index is 623. The second-order valence-electron chi connectivity index (χ2n) is 6.26. The molecule has 1 fully saturated rings. The van der Waals surface area contributed by atoms with Crippen LogP contribution >= 0.6 is 0 Å². The maximum Gasteiger partial charge on any atom is 0.269 e. The molecule has 0 aromatic heterocycles. The first-order valence-corrected chi connectivity index (χ1v) is 7.89. The summed E-state index contributed by atoms with van der Waals surface area (Å²) in [6.45, 7) is 2.89. The van der Waals surface area contributed by atoms with Gasteiger partial charge in [0.2, 0.25) is 5.60 Å². The number of hydrogen-bond donors (Lipinski definition) is 1. The number of rotatable bonds is 3. The molecule has 124 valence electrons. The third-order valence-electron chi connectivity index (χ3n) is 4.48. The molecule has 0 bridgehead atoms. The Morgan fingerprint density at radius 3 is 2.78 bits per heavy atom. The first-order chi connectivity index (χ1) is 11.0. The molecule has 0 aliphatic carbocycles. The Hall–Kier alpha value is -2.08. The number of nitrogens with zero attached hydrogens (tertiary/aromatic N) is 2. The third-order valence-corrected chi connectivity index (χ3v) is 4.48. The topological polar surface area (TPSA) is 71.4 Å². The zero-order valence-electron chi connectivity index (χ0n) is 13.5. The zero-order valence-corrected chi connectivity index (χ0v) is 13.5. The lowest BCUT2D eigenvalue weighted by Gasteiger charge is -2.34. The van der Waals surface area contributed by atoms with Crippen molar-refractivity contribution >= 4 is 11.6 Å². The predicted molar refractivity (Wildman–Crippen MR) is 85.5 cm³/mol. The normalized spacial score (nSPS) is 25.0. The molecule has 0 saturated carbocycles. The Kier molecular flexibility index (Phi) is 4.26. The second-order valence-corrected chi connectivity index (χ2v) is 6.26. The molecule has 23 heavy (non-hydrogen) atoms. The van der Waals surface area contributed by atoms with Crippen molar-refractivity contribution in [2.45, 2.75) is 37.9 Å². The molecular formula is C17H22N2O4. The molecule has 1 unspecified atom stereocenters. The van der Waals surface area contributed by atoms with E-state index >= 15 is 0 Å². The standard InChI is InChI=1S/C17H22N2O4/c1-17(16(21)19-9-7-12(20)8-10-19)11-14(18-23-17)13-5-3-4-6-15(13)22-2/h3-6,12,20H,7-11H2,1-2H3. The molecule has 6 nitrogen and oxygen atoms in total. The zero-order chi connectivity index (χ0) is 16.4. The van der Waals surface area contributed by atoms with Crippen LogP contribution in [0, 0.1) is 0 Å². The van der Waals surface area contributed by atoms with Crippen LogP contribution in [0.2, 0.25) is 0 Å². The molecule has 1 N–H and O–H groups in total. The molecule has 6 heteroatoms. The fourth-order valence-electron chi connectivity index (χ4n) is 3.09. The molecule has 2 aliphatic rings. The number of aliphatic hydroxyl groups excluding tert-OH is 1. The van der Waals surface area contributed by atoms with E-state index in [9.17, 15) is 9.90 Å². The number of methoxy groups -OCH3 is 1. The van der Waals surface area contributed by atoms with Crippen LogP contribution in [0.15, 0.2) is 29.4 Å². The summed E-state index contributed by atoms with van der Waals surface area (Å²) in [5, 5.41) is 13.7. The van der Waals surface area contributed by atoms with Gasteiger partial charge in [0, 0.05) is 25.1 Å². The van der Waals surface area contributed by atoms with Gasteiger partial charge in [0.05, 0.1) is 18.9 Å². The minimum Gasteiger partial charge on any atom is -0.496 e. The van der Waals surface area contributed by atoms with E-state index in [0.717, 1.165) is 11.3 Å². The molecular weight excluding hydrogens is 296 g/mol. The quantitative estimate of drug-likeness (QED) is 0.918. The minimum atomic E-state index is -0.988. The predicted octanol–water partition coefficient (Wildman–Crippen LogP) is 1.56. The van der Waals surface area contributed by atoms with Crippen molar-refractivity contribution < 1.29 is 19.5 Å². The van der Waals surface area contributed by atoms with E-state index in [4.69, 9.17) is 9.57 Å². The van der Waals surface area contributed by atoms with E-state index in [1.807, 2.05) is 24.3 Å². The van der Waals surface area contributed by atoms with Gasteiger partial charge in [0.25, 0.3) is 5.91 Å². The van der Waals surface area contributed by atoms with Crippen molar-refractivity contribution in [3.63, 3.8) is 0 Å². The summed E-state index contributed by atoms with van der Waals surface area (Å²) in [6, 6.07) is 7.57. The lowest BCUT2D eigenvalue weighted by molar-refractivity contribution is -0.155.